The van der Waals surface area contributed by atoms with Crippen LogP contribution in [0.3, 0.4) is 0 Å². The molecule has 1 aromatic rings. The first kappa shape index (κ1) is 16.3. The molecule has 0 saturated carbocycles. The number of likely N-dealkylation sites (tertiary alicyclic amines) is 1. The van der Waals surface area contributed by atoms with Gasteiger partial charge in [0.25, 0.3) is 5.91 Å². The zero-order chi connectivity index (χ0) is 13.0. The maximum absolute atomic E-state index is 12.3. The van der Waals surface area contributed by atoms with Gasteiger partial charge in [0, 0.05) is 13.1 Å². The van der Waals surface area contributed by atoms with Gasteiger partial charge in [0.1, 0.15) is 0 Å². The van der Waals surface area contributed by atoms with Crippen LogP contribution in [0.4, 0.5) is 0 Å². The molecule has 1 saturated heterocycles. The second-order valence-electron chi connectivity index (χ2n) is 4.77. The van der Waals surface area contributed by atoms with Crippen molar-refractivity contribution in [2.75, 3.05) is 26.7 Å². The van der Waals surface area contributed by atoms with E-state index in [1.165, 1.54) is 0 Å². The van der Waals surface area contributed by atoms with Crippen LogP contribution in [0.15, 0.2) is 24.3 Å². The molecule has 0 spiro atoms. The van der Waals surface area contributed by atoms with E-state index in [0.29, 0.717) is 16.5 Å². The number of carbonyl (C=O) groups excluding carboxylic acids is 1. The Morgan fingerprint density at radius 3 is 2.58 bits per heavy atom. The number of halogens is 2. The molecule has 5 heteroatoms. The monoisotopic (exact) mass is 302 g/mol. The SMILES string of the molecule is CNCC1CCN(C(=O)c2ccccc2Cl)CC1.Cl. The number of nitrogens with zero attached hydrogens (tertiary/aromatic N) is 1. The Labute approximate surface area is 125 Å². The van der Waals surface area contributed by atoms with Crippen molar-refractivity contribution < 1.29 is 4.79 Å². The van der Waals surface area contributed by atoms with Crippen LogP contribution in [-0.4, -0.2) is 37.5 Å². The number of rotatable bonds is 3. The highest BCUT2D eigenvalue weighted by atomic mass is 35.5. The van der Waals surface area contributed by atoms with E-state index in [0.717, 1.165) is 32.5 Å². The summed E-state index contributed by atoms with van der Waals surface area (Å²) in [5.74, 6) is 0.744. The van der Waals surface area contributed by atoms with Crippen LogP contribution in [-0.2, 0) is 0 Å². The number of benzene rings is 1. The highest BCUT2D eigenvalue weighted by Gasteiger charge is 2.24. The predicted octanol–water partition coefficient (Wildman–Crippen LogP) is 2.83. The molecule has 3 nitrogen and oxygen atoms in total. The van der Waals surface area contributed by atoms with Gasteiger partial charge in [0.05, 0.1) is 10.6 Å². The van der Waals surface area contributed by atoms with Gasteiger partial charge in [-0.2, -0.15) is 0 Å². The Bertz CT molecular complexity index is 418. The third kappa shape index (κ3) is 4.10. The van der Waals surface area contributed by atoms with E-state index in [9.17, 15) is 4.79 Å². The second-order valence-corrected chi connectivity index (χ2v) is 5.18. The van der Waals surface area contributed by atoms with Crippen LogP contribution in [0.1, 0.15) is 23.2 Å². The number of hydrogen-bond acceptors (Lipinski definition) is 2. The zero-order valence-electron chi connectivity index (χ0n) is 11.1. The third-order valence-electron chi connectivity index (χ3n) is 3.50. The molecule has 0 atom stereocenters. The molecule has 1 heterocycles. The molecular weight excluding hydrogens is 283 g/mol. The molecule has 106 valence electrons. The lowest BCUT2D eigenvalue weighted by Crippen LogP contribution is -2.40. The minimum absolute atomic E-state index is 0. The lowest BCUT2D eigenvalue weighted by Gasteiger charge is -2.32. The van der Waals surface area contributed by atoms with Crippen LogP contribution in [0.25, 0.3) is 0 Å². The number of nitrogens with one attached hydrogen (secondary N) is 1. The normalized spacial score (nSPS) is 16.0. The van der Waals surface area contributed by atoms with E-state index in [-0.39, 0.29) is 18.3 Å². The maximum atomic E-state index is 12.3. The van der Waals surface area contributed by atoms with Crippen molar-refractivity contribution in [1.82, 2.24) is 10.2 Å². The summed E-state index contributed by atoms with van der Waals surface area (Å²) in [5.41, 5.74) is 0.617. The van der Waals surface area contributed by atoms with E-state index >= 15 is 0 Å². The van der Waals surface area contributed by atoms with Gasteiger partial charge in [-0.15, -0.1) is 12.4 Å². The highest BCUT2D eigenvalue weighted by Crippen LogP contribution is 2.21. The summed E-state index contributed by atoms with van der Waals surface area (Å²) < 4.78 is 0. The number of piperidine rings is 1. The van der Waals surface area contributed by atoms with E-state index in [1.54, 1.807) is 12.1 Å². The Morgan fingerprint density at radius 2 is 2.00 bits per heavy atom. The van der Waals surface area contributed by atoms with Gasteiger partial charge in [-0.05, 0) is 44.5 Å². The first-order chi connectivity index (χ1) is 8.72. The molecule has 0 aromatic heterocycles. The summed E-state index contributed by atoms with van der Waals surface area (Å²) in [6, 6.07) is 7.26. The number of hydrogen-bond donors (Lipinski definition) is 1. The summed E-state index contributed by atoms with van der Waals surface area (Å²) in [6.45, 7) is 2.70. The van der Waals surface area contributed by atoms with Gasteiger partial charge in [0.2, 0.25) is 0 Å². The van der Waals surface area contributed by atoms with Gasteiger partial charge in [-0.3, -0.25) is 4.79 Å². The second kappa shape index (κ2) is 7.73. The molecule has 1 amide bonds. The van der Waals surface area contributed by atoms with E-state index in [1.807, 2.05) is 24.1 Å². The van der Waals surface area contributed by atoms with Crippen LogP contribution in [0, 0.1) is 5.92 Å². The molecule has 19 heavy (non-hydrogen) atoms. The fourth-order valence-electron chi connectivity index (χ4n) is 2.43. The third-order valence-corrected chi connectivity index (χ3v) is 3.83. The molecule has 0 aliphatic carbocycles. The lowest BCUT2D eigenvalue weighted by atomic mass is 9.96. The van der Waals surface area contributed by atoms with Gasteiger partial charge in [-0.25, -0.2) is 0 Å². The summed E-state index contributed by atoms with van der Waals surface area (Å²) in [4.78, 5) is 14.2. The quantitative estimate of drug-likeness (QED) is 0.931. The molecule has 2 rings (SSSR count). The standard InChI is InChI=1S/C14H19ClN2O.ClH/c1-16-10-11-6-8-17(9-7-11)14(18)12-4-2-3-5-13(12)15;/h2-5,11,16H,6-10H2,1H3;1H. The molecule has 0 radical (unpaired) electrons. The summed E-state index contributed by atoms with van der Waals surface area (Å²) in [7, 11) is 1.97. The maximum Gasteiger partial charge on any atom is 0.255 e. The molecular formula is C14H20Cl2N2O. The van der Waals surface area contributed by atoms with Crippen molar-refractivity contribution >= 4 is 29.9 Å². The first-order valence-corrected chi connectivity index (χ1v) is 6.78. The van der Waals surface area contributed by atoms with Crippen molar-refractivity contribution in [2.45, 2.75) is 12.8 Å². The first-order valence-electron chi connectivity index (χ1n) is 6.40. The lowest BCUT2D eigenvalue weighted by molar-refractivity contribution is 0.0691. The van der Waals surface area contributed by atoms with Crippen molar-refractivity contribution in [1.29, 1.82) is 0 Å². The van der Waals surface area contributed by atoms with E-state index < -0.39 is 0 Å². The molecule has 1 aliphatic rings. The topological polar surface area (TPSA) is 32.3 Å². The molecule has 1 aliphatic heterocycles. The Kier molecular flexibility index (Phi) is 6.63. The minimum atomic E-state index is 0. The molecule has 0 unspecified atom stereocenters. The summed E-state index contributed by atoms with van der Waals surface area (Å²) in [5, 5.41) is 3.74. The summed E-state index contributed by atoms with van der Waals surface area (Å²) >= 11 is 6.06. The predicted molar refractivity (Wildman–Crippen MR) is 81.3 cm³/mol. The largest absolute Gasteiger partial charge is 0.339 e. The van der Waals surface area contributed by atoms with Crippen molar-refractivity contribution in [3.8, 4) is 0 Å². The van der Waals surface area contributed by atoms with Gasteiger partial charge < -0.3 is 10.2 Å². The number of carbonyl (C=O) groups is 1. The van der Waals surface area contributed by atoms with Gasteiger partial charge >= 0.3 is 0 Å². The Hall–Kier alpha value is -0.770. The smallest absolute Gasteiger partial charge is 0.255 e. The summed E-state index contributed by atoms with van der Waals surface area (Å²) in [6.07, 6.45) is 2.13. The highest BCUT2D eigenvalue weighted by molar-refractivity contribution is 6.33. The van der Waals surface area contributed by atoms with Gasteiger partial charge in [-0.1, -0.05) is 23.7 Å². The molecule has 1 aromatic carbocycles. The van der Waals surface area contributed by atoms with Crippen molar-refractivity contribution in [3.63, 3.8) is 0 Å². The van der Waals surface area contributed by atoms with Crippen LogP contribution >= 0.6 is 24.0 Å². The number of amides is 1. The molecule has 1 fully saturated rings. The average molecular weight is 303 g/mol. The fourth-order valence-corrected chi connectivity index (χ4v) is 2.65. The molecule has 1 N–H and O–H groups in total. The Balaban J connectivity index is 0.00000180. The minimum Gasteiger partial charge on any atom is -0.339 e. The van der Waals surface area contributed by atoms with Crippen molar-refractivity contribution in [2.24, 2.45) is 5.92 Å². The average Bonchev–Trinajstić information content (AvgIpc) is 2.40. The fraction of sp³-hybridized carbons (Fsp3) is 0.500. The van der Waals surface area contributed by atoms with Crippen LogP contribution < -0.4 is 5.32 Å². The van der Waals surface area contributed by atoms with E-state index in [2.05, 4.69) is 5.32 Å². The van der Waals surface area contributed by atoms with Gasteiger partial charge in [0.15, 0.2) is 0 Å². The van der Waals surface area contributed by atoms with Crippen molar-refractivity contribution in [3.05, 3.63) is 34.9 Å². The zero-order valence-corrected chi connectivity index (χ0v) is 12.6. The van der Waals surface area contributed by atoms with Crippen LogP contribution in [0.5, 0.6) is 0 Å². The van der Waals surface area contributed by atoms with E-state index in [4.69, 9.17) is 11.6 Å². The molecule has 0 bridgehead atoms. The van der Waals surface area contributed by atoms with Crippen LogP contribution in [0.2, 0.25) is 5.02 Å². The Morgan fingerprint density at radius 1 is 1.37 bits per heavy atom.